The largest absolute Gasteiger partial charge is 0.294 e. The molecule has 0 fully saturated rings. The fraction of sp³-hybridized carbons (Fsp3) is 0.200. The molecule has 0 aromatic heterocycles. The zero-order valence-electron chi connectivity index (χ0n) is 17.3. The van der Waals surface area contributed by atoms with Crippen molar-refractivity contribution in [3.05, 3.63) is 101 Å². The number of Topliss-reactive ketones (excluding diaryl/α,β-unsaturated/α-hetero) is 2. The van der Waals surface area contributed by atoms with E-state index in [1.54, 1.807) is 60.7 Å². The second-order valence-corrected chi connectivity index (χ2v) is 9.70. The quantitative estimate of drug-likeness (QED) is 0.509. The molecule has 0 aliphatic rings. The Morgan fingerprint density at radius 1 is 0.667 bits per heavy atom. The molecular weight excluding hydrogens is 396 g/mol. The molecule has 30 heavy (non-hydrogen) atoms. The van der Waals surface area contributed by atoms with Gasteiger partial charge in [-0.25, -0.2) is 8.42 Å². The second kappa shape index (κ2) is 8.76. The highest BCUT2D eigenvalue weighted by molar-refractivity contribution is 7.92. The summed E-state index contributed by atoms with van der Waals surface area (Å²) in [7, 11) is -4.06. The topological polar surface area (TPSA) is 68.3 Å². The molecule has 0 aliphatic carbocycles. The highest BCUT2D eigenvalue weighted by atomic mass is 32.2. The first-order valence-corrected chi connectivity index (χ1v) is 11.2. The van der Waals surface area contributed by atoms with Gasteiger partial charge in [0.25, 0.3) is 0 Å². The fourth-order valence-electron chi connectivity index (χ4n) is 3.16. The van der Waals surface area contributed by atoms with Crippen molar-refractivity contribution in [2.45, 2.75) is 37.3 Å². The van der Waals surface area contributed by atoms with Crippen LogP contribution in [0.25, 0.3) is 0 Å². The lowest BCUT2D eigenvalue weighted by molar-refractivity contribution is 0.0920. The Bertz CT molecular complexity index is 1160. The van der Waals surface area contributed by atoms with Crippen LogP contribution in [0.4, 0.5) is 0 Å². The van der Waals surface area contributed by atoms with E-state index in [0.717, 1.165) is 16.7 Å². The van der Waals surface area contributed by atoms with Crippen molar-refractivity contribution in [3.8, 4) is 0 Å². The van der Waals surface area contributed by atoms with Gasteiger partial charge in [-0.3, -0.25) is 9.59 Å². The monoisotopic (exact) mass is 420 g/mol. The number of benzene rings is 3. The Balaban J connectivity index is 2.02. The van der Waals surface area contributed by atoms with Crippen LogP contribution in [0.5, 0.6) is 0 Å². The minimum atomic E-state index is -4.06. The molecule has 0 N–H and O–H groups in total. The molecule has 0 heterocycles. The van der Waals surface area contributed by atoms with Crippen LogP contribution in [0.1, 0.15) is 43.8 Å². The average molecular weight is 421 g/mol. The molecule has 0 radical (unpaired) electrons. The summed E-state index contributed by atoms with van der Waals surface area (Å²) >= 11 is 0. The van der Waals surface area contributed by atoms with E-state index in [1.807, 2.05) is 20.8 Å². The second-order valence-electron chi connectivity index (χ2n) is 7.57. The van der Waals surface area contributed by atoms with Gasteiger partial charge in [0.05, 0.1) is 4.90 Å². The van der Waals surface area contributed by atoms with E-state index in [1.165, 1.54) is 12.1 Å². The van der Waals surface area contributed by atoms with Crippen LogP contribution in [0.2, 0.25) is 0 Å². The lowest BCUT2D eigenvalue weighted by atomic mass is 10.00. The third kappa shape index (κ3) is 4.74. The number of carbonyl (C=O) groups excluding carboxylic acids is 2. The van der Waals surface area contributed by atoms with Gasteiger partial charge in [-0.2, -0.15) is 0 Å². The highest BCUT2D eigenvalue weighted by Crippen LogP contribution is 2.24. The van der Waals surface area contributed by atoms with Crippen molar-refractivity contribution >= 4 is 21.4 Å². The molecule has 154 valence electrons. The van der Waals surface area contributed by atoms with Crippen molar-refractivity contribution in [3.63, 3.8) is 0 Å². The van der Waals surface area contributed by atoms with Gasteiger partial charge in [0.1, 0.15) is 5.25 Å². The van der Waals surface area contributed by atoms with Crippen LogP contribution >= 0.6 is 0 Å². The Labute approximate surface area is 177 Å². The lowest BCUT2D eigenvalue weighted by Crippen LogP contribution is -2.33. The fourth-order valence-corrected chi connectivity index (χ4v) is 4.80. The maximum atomic E-state index is 13.4. The van der Waals surface area contributed by atoms with Gasteiger partial charge in [0.15, 0.2) is 21.4 Å². The zero-order valence-corrected chi connectivity index (χ0v) is 18.1. The molecular formula is C25H24O4S. The summed E-state index contributed by atoms with van der Waals surface area (Å²) in [5, 5.41) is -1.49. The first-order chi connectivity index (χ1) is 14.2. The summed E-state index contributed by atoms with van der Waals surface area (Å²) in [5.41, 5.74) is 3.52. The summed E-state index contributed by atoms with van der Waals surface area (Å²) in [5.74, 6) is -0.952. The molecule has 3 rings (SSSR count). The highest BCUT2D eigenvalue weighted by Gasteiger charge is 2.36. The van der Waals surface area contributed by atoms with E-state index in [4.69, 9.17) is 0 Å². The van der Waals surface area contributed by atoms with Gasteiger partial charge < -0.3 is 0 Å². The van der Waals surface area contributed by atoms with Gasteiger partial charge in [0.2, 0.25) is 0 Å². The van der Waals surface area contributed by atoms with Crippen molar-refractivity contribution < 1.29 is 18.0 Å². The van der Waals surface area contributed by atoms with Crippen LogP contribution < -0.4 is 0 Å². The molecule has 1 unspecified atom stereocenters. The van der Waals surface area contributed by atoms with Crippen LogP contribution in [-0.4, -0.2) is 25.2 Å². The molecule has 4 nitrogen and oxygen atoms in total. The molecule has 0 bridgehead atoms. The molecule has 0 aliphatic heterocycles. The van der Waals surface area contributed by atoms with Gasteiger partial charge in [-0.15, -0.1) is 0 Å². The molecule has 0 spiro atoms. The van der Waals surface area contributed by atoms with Crippen LogP contribution in [0.3, 0.4) is 0 Å². The van der Waals surface area contributed by atoms with Gasteiger partial charge in [-0.05, 0) is 32.9 Å². The van der Waals surface area contributed by atoms with Crippen LogP contribution in [0.15, 0.2) is 77.7 Å². The summed E-state index contributed by atoms with van der Waals surface area (Å²) < 4.78 is 26.7. The van der Waals surface area contributed by atoms with Crippen LogP contribution in [-0.2, 0) is 9.84 Å². The van der Waals surface area contributed by atoms with Gasteiger partial charge in [0, 0.05) is 17.5 Å². The minimum Gasteiger partial charge on any atom is -0.294 e. The van der Waals surface area contributed by atoms with E-state index in [-0.39, 0.29) is 16.2 Å². The van der Waals surface area contributed by atoms with Crippen molar-refractivity contribution in [1.29, 1.82) is 0 Å². The average Bonchev–Trinajstić information content (AvgIpc) is 2.72. The molecule has 0 saturated carbocycles. The molecule has 0 amide bonds. The summed E-state index contributed by atoms with van der Waals surface area (Å²) in [6.07, 6.45) is -0.411. The number of ketones is 2. The number of carbonyl (C=O) groups is 2. The molecule has 1 atom stereocenters. The van der Waals surface area contributed by atoms with Gasteiger partial charge in [-0.1, -0.05) is 77.4 Å². The van der Waals surface area contributed by atoms with Gasteiger partial charge >= 0.3 is 0 Å². The molecule has 3 aromatic rings. The predicted molar refractivity (Wildman–Crippen MR) is 118 cm³/mol. The van der Waals surface area contributed by atoms with Crippen molar-refractivity contribution in [2.24, 2.45) is 0 Å². The Hall–Kier alpha value is -3.05. The Morgan fingerprint density at radius 3 is 1.53 bits per heavy atom. The SMILES string of the molecule is Cc1ccc(C(=O)CC(C(=O)c2ccc(C)cc2)S(=O)(=O)c2ccc(C)cc2)cc1. The molecule has 3 aromatic carbocycles. The van der Waals surface area contributed by atoms with E-state index < -0.39 is 27.3 Å². The summed E-state index contributed by atoms with van der Waals surface area (Å²) in [6.45, 7) is 5.64. The number of hydrogen-bond donors (Lipinski definition) is 0. The summed E-state index contributed by atoms with van der Waals surface area (Å²) in [4.78, 5) is 26.1. The van der Waals surface area contributed by atoms with Crippen LogP contribution in [0, 0.1) is 20.8 Å². The van der Waals surface area contributed by atoms with Crippen molar-refractivity contribution in [1.82, 2.24) is 0 Å². The van der Waals surface area contributed by atoms with Crippen molar-refractivity contribution in [2.75, 3.05) is 0 Å². The maximum Gasteiger partial charge on any atom is 0.189 e. The first kappa shape index (κ1) is 21.7. The van der Waals surface area contributed by atoms with E-state index in [9.17, 15) is 18.0 Å². The third-order valence-corrected chi connectivity index (χ3v) is 7.16. The minimum absolute atomic E-state index is 0.0373. The standard InChI is InChI=1S/C25H24O4S/c1-17-4-10-20(11-5-17)23(26)16-24(25(27)21-12-6-18(2)7-13-21)30(28,29)22-14-8-19(3)9-15-22/h4-15,24H,16H2,1-3H3. The number of aryl methyl sites for hydroxylation is 3. The maximum absolute atomic E-state index is 13.4. The lowest BCUT2D eigenvalue weighted by Gasteiger charge is -2.17. The number of rotatable bonds is 7. The smallest absolute Gasteiger partial charge is 0.189 e. The normalized spacial score (nSPS) is 12.4. The molecule has 5 heteroatoms. The van der Waals surface area contributed by atoms with E-state index in [0.29, 0.717) is 5.56 Å². The number of hydrogen-bond acceptors (Lipinski definition) is 4. The Morgan fingerprint density at radius 2 is 1.07 bits per heavy atom. The predicted octanol–water partition coefficient (Wildman–Crippen LogP) is 4.91. The van der Waals surface area contributed by atoms with E-state index in [2.05, 4.69) is 0 Å². The molecule has 0 saturated heterocycles. The summed E-state index contributed by atoms with van der Waals surface area (Å²) in [6, 6.07) is 19.9. The zero-order chi connectivity index (χ0) is 21.9. The first-order valence-electron chi connectivity index (χ1n) is 9.70. The Kier molecular flexibility index (Phi) is 6.32. The van der Waals surface area contributed by atoms with E-state index >= 15 is 0 Å². The number of sulfone groups is 1. The third-order valence-electron chi connectivity index (χ3n) is 5.10.